The van der Waals surface area contributed by atoms with Crippen molar-refractivity contribution < 1.29 is 4.79 Å². The first-order chi connectivity index (χ1) is 9.97. The Bertz CT molecular complexity index is 646. The van der Waals surface area contributed by atoms with E-state index < -0.39 is 0 Å². The average molecular weight is 322 g/mol. The second-order valence-corrected chi connectivity index (χ2v) is 6.38. The molecule has 2 aromatic rings. The molecule has 4 nitrogen and oxygen atoms in total. The van der Waals surface area contributed by atoms with Crippen molar-refractivity contribution >= 4 is 40.6 Å². The van der Waals surface area contributed by atoms with E-state index >= 15 is 0 Å². The molecule has 0 aliphatic carbocycles. The molecule has 0 saturated heterocycles. The summed E-state index contributed by atoms with van der Waals surface area (Å²) in [5.74, 6) is -0.0922. The smallest absolute Gasteiger partial charge is 0.237 e. The summed E-state index contributed by atoms with van der Waals surface area (Å²) in [6.45, 7) is 3.71. The average Bonchev–Trinajstić information content (AvgIpc) is 2.46. The molecule has 0 saturated carbocycles. The van der Waals surface area contributed by atoms with Gasteiger partial charge in [0.1, 0.15) is 0 Å². The second-order valence-electron chi connectivity index (χ2n) is 4.58. The Morgan fingerprint density at radius 1 is 1.38 bits per heavy atom. The Morgan fingerprint density at radius 2 is 2.14 bits per heavy atom. The van der Waals surface area contributed by atoms with Crippen molar-refractivity contribution in [1.82, 2.24) is 4.98 Å². The summed E-state index contributed by atoms with van der Waals surface area (Å²) in [5, 5.41) is 3.94. The monoisotopic (exact) mass is 321 g/mol. The van der Waals surface area contributed by atoms with Crippen molar-refractivity contribution in [2.24, 2.45) is 0 Å². The summed E-state index contributed by atoms with van der Waals surface area (Å²) < 4.78 is 0. The van der Waals surface area contributed by atoms with Crippen molar-refractivity contribution in [3.05, 3.63) is 47.1 Å². The number of amides is 1. The number of rotatable bonds is 4. The predicted octanol–water partition coefficient (Wildman–Crippen LogP) is 3.74. The third-order valence-corrected chi connectivity index (χ3v) is 4.27. The molecular formula is C15H16ClN3OS. The molecule has 21 heavy (non-hydrogen) atoms. The van der Waals surface area contributed by atoms with E-state index in [-0.39, 0.29) is 11.2 Å². The highest BCUT2D eigenvalue weighted by Crippen LogP contribution is 2.25. The maximum Gasteiger partial charge on any atom is 0.237 e. The molecule has 0 radical (unpaired) electrons. The van der Waals surface area contributed by atoms with Crippen LogP contribution in [0.4, 0.5) is 11.4 Å². The van der Waals surface area contributed by atoms with Gasteiger partial charge >= 0.3 is 0 Å². The normalized spacial score (nSPS) is 12.0. The van der Waals surface area contributed by atoms with Gasteiger partial charge in [0.2, 0.25) is 5.91 Å². The Labute approximate surface area is 133 Å². The summed E-state index contributed by atoms with van der Waals surface area (Å²) in [7, 11) is 0. The molecular weight excluding hydrogens is 306 g/mol. The molecule has 0 aliphatic rings. The largest absolute Gasteiger partial charge is 0.398 e. The number of nitrogen functional groups attached to an aromatic ring is 1. The highest BCUT2D eigenvalue weighted by molar-refractivity contribution is 8.00. The lowest BCUT2D eigenvalue weighted by molar-refractivity contribution is -0.115. The summed E-state index contributed by atoms with van der Waals surface area (Å²) in [6.07, 6.45) is 1.57. The van der Waals surface area contributed by atoms with Gasteiger partial charge in [0.15, 0.2) is 0 Å². The number of nitrogens with one attached hydrogen (secondary N) is 1. The summed E-state index contributed by atoms with van der Waals surface area (Å²) in [4.78, 5) is 16.4. The topological polar surface area (TPSA) is 68.0 Å². The van der Waals surface area contributed by atoms with Crippen LogP contribution >= 0.6 is 23.4 Å². The molecule has 1 atom stereocenters. The number of aromatic nitrogens is 1. The van der Waals surface area contributed by atoms with Crippen LogP contribution in [-0.4, -0.2) is 16.1 Å². The molecule has 0 aliphatic heterocycles. The minimum atomic E-state index is -0.278. The quantitative estimate of drug-likeness (QED) is 0.665. The second kappa shape index (κ2) is 6.83. The number of nitrogens with zero attached hydrogens (tertiary/aromatic N) is 1. The van der Waals surface area contributed by atoms with Gasteiger partial charge in [0, 0.05) is 17.6 Å². The Balaban J connectivity index is 2.02. The van der Waals surface area contributed by atoms with Gasteiger partial charge < -0.3 is 11.1 Å². The van der Waals surface area contributed by atoms with Crippen LogP contribution in [0.5, 0.6) is 0 Å². The third-order valence-electron chi connectivity index (χ3n) is 3.00. The first kappa shape index (κ1) is 15.7. The lowest BCUT2D eigenvalue weighted by Gasteiger charge is -2.14. The Morgan fingerprint density at radius 3 is 2.81 bits per heavy atom. The lowest BCUT2D eigenvalue weighted by atomic mass is 10.1. The van der Waals surface area contributed by atoms with Crippen LogP contribution in [-0.2, 0) is 4.79 Å². The van der Waals surface area contributed by atoms with Gasteiger partial charge in [-0.2, -0.15) is 0 Å². The van der Waals surface area contributed by atoms with E-state index in [0.717, 1.165) is 16.3 Å². The minimum Gasteiger partial charge on any atom is -0.398 e. The van der Waals surface area contributed by atoms with Gasteiger partial charge in [0.05, 0.1) is 15.3 Å². The van der Waals surface area contributed by atoms with Crippen LogP contribution in [0, 0.1) is 6.92 Å². The maximum atomic E-state index is 12.2. The molecule has 1 amide bonds. The molecule has 3 N–H and O–H groups in total. The SMILES string of the molecule is Cc1c(N)cccc1NC(=O)C(C)Sc1ccc(Cl)cn1. The summed E-state index contributed by atoms with van der Waals surface area (Å²) >= 11 is 7.16. The number of carbonyl (C=O) groups is 1. The molecule has 1 unspecified atom stereocenters. The number of anilines is 2. The third kappa shape index (κ3) is 4.12. The highest BCUT2D eigenvalue weighted by atomic mass is 35.5. The molecule has 2 rings (SSSR count). The zero-order valence-corrected chi connectivity index (χ0v) is 13.3. The molecule has 0 bridgehead atoms. The molecule has 6 heteroatoms. The van der Waals surface area contributed by atoms with E-state index in [1.807, 2.05) is 26.0 Å². The van der Waals surface area contributed by atoms with Crippen molar-refractivity contribution in [3.8, 4) is 0 Å². The minimum absolute atomic E-state index is 0.0922. The first-order valence-electron chi connectivity index (χ1n) is 6.41. The van der Waals surface area contributed by atoms with Gasteiger partial charge in [-0.15, -0.1) is 0 Å². The van der Waals surface area contributed by atoms with E-state index in [0.29, 0.717) is 10.7 Å². The molecule has 1 aromatic carbocycles. The Hall–Kier alpha value is -1.72. The Kier molecular flexibility index (Phi) is 5.09. The van der Waals surface area contributed by atoms with Crippen molar-refractivity contribution in [2.45, 2.75) is 24.1 Å². The van der Waals surface area contributed by atoms with Gasteiger partial charge in [0.25, 0.3) is 0 Å². The molecule has 0 spiro atoms. The zero-order chi connectivity index (χ0) is 15.4. The van der Waals surface area contributed by atoms with Crippen LogP contribution in [0.25, 0.3) is 0 Å². The number of thioether (sulfide) groups is 1. The maximum absolute atomic E-state index is 12.2. The summed E-state index contributed by atoms with van der Waals surface area (Å²) in [6, 6.07) is 9.00. The van der Waals surface area contributed by atoms with Gasteiger partial charge in [-0.05, 0) is 43.7 Å². The highest BCUT2D eigenvalue weighted by Gasteiger charge is 2.16. The number of carbonyl (C=O) groups excluding carboxylic acids is 1. The van der Waals surface area contributed by atoms with Crippen LogP contribution in [0.15, 0.2) is 41.6 Å². The fraction of sp³-hybridized carbons (Fsp3) is 0.200. The fourth-order valence-corrected chi connectivity index (χ4v) is 2.59. The summed E-state index contributed by atoms with van der Waals surface area (Å²) in [5.41, 5.74) is 8.09. The molecule has 110 valence electrons. The van der Waals surface area contributed by atoms with Gasteiger partial charge in [-0.1, -0.05) is 29.4 Å². The number of hydrogen-bond acceptors (Lipinski definition) is 4. The first-order valence-corrected chi connectivity index (χ1v) is 7.67. The van der Waals surface area contributed by atoms with E-state index in [1.165, 1.54) is 11.8 Å². The number of pyridine rings is 1. The molecule has 1 aromatic heterocycles. The number of nitrogens with two attached hydrogens (primary N) is 1. The number of hydrogen-bond donors (Lipinski definition) is 2. The van der Waals surface area contributed by atoms with E-state index in [2.05, 4.69) is 10.3 Å². The van der Waals surface area contributed by atoms with E-state index in [9.17, 15) is 4.79 Å². The fourth-order valence-electron chi connectivity index (χ4n) is 1.69. The van der Waals surface area contributed by atoms with Crippen LogP contribution < -0.4 is 11.1 Å². The van der Waals surface area contributed by atoms with Gasteiger partial charge in [-0.25, -0.2) is 4.98 Å². The molecule has 0 fully saturated rings. The van der Waals surface area contributed by atoms with E-state index in [1.54, 1.807) is 24.4 Å². The van der Waals surface area contributed by atoms with Crippen molar-refractivity contribution in [1.29, 1.82) is 0 Å². The zero-order valence-electron chi connectivity index (χ0n) is 11.8. The van der Waals surface area contributed by atoms with Crippen LogP contribution in [0.2, 0.25) is 5.02 Å². The number of benzene rings is 1. The van der Waals surface area contributed by atoms with Crippen LogP contribution in [0.1, 0.15) is 12.5 Å². The predicted molar refractivity (Wildman–Crippen MR) is 88.8 cm³/mol. The van der Waals surface area contributed by atoms with Crippen molar-refractivity contribution in [2.75, 3.05) is 11.1 Å². The standard InChI is InChI=1S/C15H16ClN3OS/c1-9-12(17)4-3-5-13(9)19-15(20)10(2)21-14-7-6-11(16)8-18-14/h3-8,10H,17H2,1-2H3,(H,19,20). The van der Waals surface area contributed by atoms with E-state index in [4.69, 9.17) is 17.3 Å². The van der Waals surface area contributed by atoms with Crippen molar-refractivity contribution in [3.63, 3.8) is 0 Å². The number of halogens is 1. The van der Waals surface area contributed by atoms with Gasteiger partial charge in [-0.3, -0.25) is 4.79 Å². The van der Waals surface area contributed by atoms with Crippen LogP contribution in [0.3, 0.4) is 0 Å². The lowest BCUT2D eigenvalue weighted by Crippen LogP contribution is -2.23. The molecule has 1 heterocycles.